The predicted octanol–water partition coefficient (Wildman–Crippen LogP) is 4.56. The van der Waals surface area contributed by atoms with E-state index in [9.17, 15) is 23.7 Å². The lowest BCUT2D eigenvalue weighted by molar-refractivity contribution is -0.139. The molecular weight excluding hydrogens is 432 g/mol. The van der Waals surface area contributed by atoms with E-state index in [2.05, 4.69) is 4.74 Å². The Bertz CT molecular complexity index is 1200. The number of terminal acetylenes is 1. The van der Waals surface area contributed by atoms with Crippen molar-refractivity contribution in [2.24, 2.45) is 0 Å². The molecule has 3 rings (SSSR count). The maximum absolute atomic E-state index is 13.6. The molecule has 0 aliphatic rings. The lowest BCUT2D eigenvalue weighted by Gasteiger charge is -2.27. The van der Waals surface area contributed by atoms with Gasteiger partial charge in [0.1, 0.15) is 11.9 Å². The Labute approximate surface area is 185 Å². The summed E-state index contributed by atoms with van der Waals surface area (Å²) in [4.78, 5) is 26.9. The zero-order valence-electron chi connectivity index (χ0n) is 17.6. The Kier molecular flexibility index (Phi) is 7.42. The number of hydrogen-bond donors (Lipinski definition) is 2. The first-order valence-corrected chi connectivity index (χ1v) is 11.4. The van der Waals surface area contributed by atoms with Crippen molar-refractivity contribution in [3.63, 3.8) is 0 Å². The summed E-state index contributed by atoms with van der Waals surface area (Å²) in [5.74, 6) is -1.45. The molecule has 0 saturated heterocycles. The van der Waals surface area contributed by atoms with Gasteiger partial charge < -0.3 is 14.7 Å². The molecule has 1 heterocycles. The first kappa shape index (κ1) is 23.6. The topological polar surface area (TPSA) is 96.7 Å². The summed E-state index contributed by atoms with van der Waals surface area (Å²) < 4.78 is 30.6. The van der Waals surface area contributed by atoms with E-state index in [1.165, 1.54) is 24.3 Å². The quantitative estimate of drug-likeness (QED) is 0.308. The van der Waals surface area contributed by atoms with Crippen LogP contribution in [0.3, 0.4) is 0 Å². The van der Waals surface area contributed by atoms with Gasteiger partial charge in [-0.05, 0) is 47.4 Å². The molecule has 32 heavy (non-hydrogen) atoms. The molecule has 2 aromatic carbocycles. The molecule has 3 aromatic rings. The van der Waals surface area contributed by atoms with Crippen LogP contribution in [0.4, 0.5) is 4.39 Å². The maximum atomic E-state index is 13.6. The number of rotatable bonds is 7. The summed E-state index contributed by atoms with van der Waals surface area (Å²) >= 11 is 0. The number of hydrogen-bond acceptors (Lipinski definition) is 5. The molecule has 1 aromatic heterocycles. The number of halogens is 1. The van der Waals surface area contributed by atoms with Gasteiger partial charge in [-0.1, -0.05) is 38.5 Å². The molecule has 2 N–H and O–H groups in total. The van der Waals surface area contributed by atoms with Gasteiger partial charge in [0.25, 0.3) is 0 Å². The van der Waals surface area contributed by atoms with Crippen molar-refractivity contribution in [2.75, 3.05) is 0 Å². The van der Waals surface area contributed by atoms with Crippen LogP contribution in [0, 0.1) is 18.3 Å². The highest BCUT2D eigenvalue weighted by Crippen LogP contribution is 2.49. The van der Waals surface area contributed by atoms with E-state index in [1.54, 1.807) is 6.11 Å². The van der Waals surface area contributed by atoms with Crippen LogP contribution in [0.15, 0.2) is 48.5 Å². The number of aromatic nitrogens is 1. The second-order valence-corrected chi connectivity index (χ2v) is 8.94. The number of pyridine rings is 1. The Morgan fingerprint density at radius 1 is 1.19 bits per heavy atom. The maximum Gasteiger partial charge on any atom is 0.322 e. The molecule has 0 saturated carbocycles. The number of aliphatic hydroxyl groups is 1. The minimum absolute atomic E-state index is 0.120. The molecule has 166 valence electrons. The Hall–Kier alpha value is -3.04. The zero-order valence-corrected chi connectivity index (χ0v) is 18.6. The largest absolute Gasteiger partial charge is 0.391 e. The van der Waals surface area contributed by atoms with Crippen molar-refractivity contribution >= 4 is 24.9 Å². The minimum atomic E-state index is -3.42. The highest BCUT2D eigenvalue weighted by molar-refractivity contribution is 7.38. The predicted molar refractivity (Wildman–Crippen MR) is 121 cm³/mol. The van der Waals surface area contributed by atoms with Crippen LogP contribution in [0.5, 0.6) is 0 Å². The van der Waals surface area contributed by atoms with Gasteiger partial charge in [-0.15, -0.1) is 0 Å². The van der Waals surface area contributed by atoms with Gasteiger partial charge >= 0.3 is 5.97 Å². The minimum Gasteiger partial charge on any atom is -0.391 e. The van der Waals surface area contributed by atoms with Crippen LogP contribution < -0.4 is 0 Å². The van der Waals surface area contributed by atoms with Crippen LogP contribution in [-0.2, 0) is 14.1 Å². The number of para-hydroxylation sites is 1. The number of carbonyl (C=O) groups is 1. The smallest absolute Gasteiger partial charge is 0.322 e. The third-order valence-corrected chi connectivity index (χ3v) is 6.38. The highest BCUT2D eigenvalue weighted by atomic mass is 31.1. The summed E-state index contributed by atoms with van der Waals surface area (Å²) in [6, 6.07) is 12.9. The third-order valence-electron chi connectivity index (χ3n) is 5.18. The third kappa shape index (κ3) is 4.89. The second kappa shape index (κ2) is 10.1. The highest BCUT2D eigenvalue weighted by Gasteiger charge is 2.35. The van der Waals surface area contributed by atoms with Gasteiger partial charge in [0.2, 0.25) is 0 Å². The summed E-state index contributed by atoms with van der Waals surface area (Å²) in [5.41, 5.74) is 1.25. The van der Waals surface area contributed by atoms with Crippen molar-refractivity contribution in [3.8, 4) is 23.8 Å². The van der Waals surface area contributed by atoms with E-state index in [4.69, 9.17) is 11.4 Å². The van der Waals surface area contributed by atoms with Gasteiger partial charge in [-0.25, -0.2) is 9.37 Å². The van der Waals surface area contributed by atoms with Gasteiger partial charge in [0.05, 0.1) is 29.4 Å². The number of esters is 1. The number of ether oxygens (including phenoxy) is 1. The van der Waals surface area contributed by atoms with Crippen molar-refractivity contribution in [1.82, 2.24) is 4.98 Å². The van der Waals surface area contributed by atoms with Gasteiger partial charge in [-0.2, -0.15) is 0 Å². The zero-order chi connectivity index (χ0) is 23.4. The molecule has 3 atom stereocenters. The van der Waals surface area contributed by atoms with Crippen LogP contribution in [0.25, 0.3) is 22.2 Å². The van der Waals surface area contributed by atoms with Crippen molar-refractivity contribution in [1.29, 1.82) is 0 Å². The van der Waals surface area contributed by atoms with E-state index < -0.39 is 38.0 Å². The summed E-state index contributed by atoms with van der Waals surface area (Å²) in [6.45, 7) is 3.84. The van der Waals surface area contributed by atoms with Crippen LogP contribution in [0.1, 0.15) is 43.0 Å². The molecule has 0 aliphatic heterocycles. The van der Waals surface area contributed by atoms with Crippen LogP contribution in [-0.4, -0.2) is 27.1 Å². The van der Waals surface area contributed by atoms with E-state index >= 15 is 0 Å². The summed E-state index contributed by atoms with van der Waals surface area (Å²) in [6.07, 6.45) is 4.59. The van der Waals surface area contributed by atoms with Crippen molar-refractivity contribution < 1.29 is 28.5 Å². The molecule has 0 radical (unpaired) electrons. The fourth-order valence-electron chi connectivity index (χ4n) is 3.89. The lowest BCUT2D eigenvalue weighted by Crippen LogP contribution is -2.23. The standard InChI is InChI=1S/C24H23FNO5P/c1-4-31-20(28)13-19(27)24(32(29)30)22-21(14(2)3)17-7-5-6-8-18(17)26-23(22)15-9-11-16(25)12-10-15/h1,5-12,14,19,24,27,32H,13H2,2-3H3,(H,29,30). The molecule has 8 heteroatoms. The average Bonchev–Trinajstić information content (AvgIpc) is 2.73. The van der Waals surface area contributed by atoms with Gasteiger partial charge in [0, 0.05) is 10.9 Å². The van der Waals surface area contributed by atoms with Crippen molar-refractivity contribution in [2.45, 2.75) is 37.9 Å². The molecule has 0 spiro atoms. The first-order valence-electron chi connectivity index (χ1n) is 9.99. The van der Waals surface area contributed by atoms with E-state index in [1.807, 2.05) is 38.1 Å². The fraction of sp³-hybridized carbons (Fsp3) is 0.250. The number of benzene rings is 2. The molecule has 0 fully saturated rings. The average molecular weight is 455 g/mol. The number of fused-ring (bicyclic) bond motifs is 1. The molecule has 0 aliphatic carbocycles. The lowest BCUT2D eigenvalue weighted by atomic mass is 9.86. The normalized spacial score (nSPS) is 14.0. The number of aliphatic hydroxyl groups excluding tert-OH is 1. The molecule has 3 unspecified atom stereocenters. The molecule has 6 nitrogen and oxygen atoms in total. The molecule has 0 bridgehead atoms. The summed E-state index contributed by atoms with van der Waals surface area (Å²) in [5, 5.41) is 11.6. The van der Waals surface area contributed by atoms with Gasteiger partial charge in [0.15, 0.2) is 8.03 Å². The number of carbonyl (C=O) groups excluding carboxylic acids is 1. The van der Waals surface area contributed by atoms with Crippen LogP contribution >= 0.6 is 8.03 Å². The monoisotopic (exact) mass is 455 g/mol. The van der Waals surface area contributed by atoms with E-state index in [0.717, 1.165) is 10.9 Å². The number of nitrogens with zero attached hydrogens (tertiary/aromatic N) is 1. The summed E-state index contributed by atoms with van der Waals surface area (Å²) in [7, 11) is -3.42. The van der Waals surface area contributed by atoms with Crippen LogP contribution in [0.2, 0.25) is 0 Å². The molecular formula is C24H23FNO5P. The second-order valence-electron chi connectivity index (χ2n) is 7.65. The molecule has 0 amide bonds. The van der Waals surface area contributed by atoms with E-state index in [-0.39, 0.29) is 5.92 Å². The SMILES string of the molecule is C#COC(=O)CC(O)C(c1c(-c2ccc(F)cc2)nc2ccccc2c1C(C)C)[PH](=O)O. The Morgan fingerprint density at radius 2 is 1.84 bits per heavy atom. The first-order chi connectivity index (χ1) is 15.2. The van der Waals surface area contributed by atoms with Gasteiger partial charge in [-0.3, -0.25) is 9.36 Å². The Morgan fingerprint density at radius 3 is 2.44 bits per heavy atom. The van der Waals surface area contributed by atoms with E-state index in [0.29, 0.717) is 22.3 Å². The van der Waals surface area contributed by atoms with Crippen molar-refractivity contribution in [3.05, 3.63) is 65.5 Å². The fourth-order valence-corrected chi connectivity index (χ4v) is 4.88. The Balaban J connectivity index is 2.34.